The maximum atomic E-state index is 11.5. The van der Waals surface area contributed by atoms with E-state index in [1.165, 1.54) is 11.1 Å². The number of hydrogen-bond acceptors (Lipinski definition) is 3. The molecule has 0 atom stereocenters. The number of benzene rings is 2. The summed E-state index contributed by atoms with van der Waals surface area (Å²) in [5.74, 6) is 0.743. The van der Waals surface area contributed by atoms with Crippen molar-refractivity contribution in [2.24, 2.45) is 0 Å². The number of imidazole rings is 1. The number of unbranched alkanes of at least 4 members (excludes halogenated alkanes) is 1. The highest BCUT2D eigenvalue weighted by Gasteiger charge is 2.08. The molecule has 27 heavy (non-hydrogen) atoms. The first-order valence-corrected chi connectivity index (χ1v) is 9.53. The van der Waals surface area contributed by atoms with Crippen LogP contribution in [0.1, 0.15) is 48.7 Å². The second kappa shape index (κ2) is 9.17. The number of aromatic amines is 1. The van der Waals surface area contributed by atoms with Crippen molar-refractivity contribution in [2.45, 2.75) is 39.5 Å². The van der Waals surface area contributed by atoms with Crippen LogP contribution < -0.4 is 0 Å². The molecule has 3 aromatic rings. The molecule has 0 unspecified atom stereocenters. The van der Waals surface area contributed by atoms with Gasteiger partial charge in [0.15, 0.2) is 0 Å². The highest BCUT2D eigenvalue weighted by molar-refractivity contribution is 5.82. The van der Waals surface area contributed by atoms with Gasteiger partial charge in [0, 0.05) is 6.42 Å². The quantitative estimate of drug-likeness (QED) is 0.436. The molecule has 0 spiro atoms. The van der Waals surface area contributed by atoms with Crippen molar-refractivity contribution in [1.82, 2.24) is 9.97 Å². The summed E-state index contributed by atoms with van der Waals surface area (Å²) < 4.78 is 4.99. The molecule has 0 fully saturated rings. The van der Waals surface area contributed by atoms with Gasteiger partial charge in [-0.15, -0.1) is 0 Å². The number of nitrogens with one attached hydrogen (secondary N) is 1. The lowest BCUT2D eigenvalue weighted by atomic mass is 10.0. The highest BCUT2D eigenvalue weighted by atomic mass is 16.5. The standard InChI is InChI=1S/C23H26N2O2/c1-3-27-22(26)12-8-7-11-19-15-17(2)16-20-23(19)25-21(24-20)14-13-18-9-5-4-6-10-18/h4-6,9-10,13-16H,3,7-8,11-12H2,1-2H3,(H,24,25)/b14-13+. The lowest BCUT2D eigenvalue weighted by Gasteiger charge is -2.05. The van der Waals surface area contributed by atoms with E-state index in [9.17, 15) is 4.79 Å². The van der Waals surface area contributed by atoms with E-state index in [4.69, 9.17) is 9.72 Å². The first-order chi connectivity index (χ1) is 13.2. The fourth-order valence-electron chi connectivity index (χ4n) is 3.19. The van der Waals surface area contributed by atoms with Crippen LogP contribution in [0.15, 0.2) is 42.5 Å². The fraction of sp³-hybridized carbons (Fsp3) is 0.304. The van der Waals surface area contributed by atoms with E-state index >= 15 is 0 Å². The van der Waals surface area contributed by atoms with E-state index in [1.54, 1.807) is 0 Å². The third-order valence-corrected chi connectivity index (χ3v) is 4.44. The Morgan fingerprint density at radius 3 is 2.74 bits per heavy atom. The van der Waals surface area contributed by atoms with E-state index in [-0.39, 0.29) is 5.97 Å². The van der Waals surface area contributed by atoms with Crippen LogP contribution in [0.25, 0.3) is 23.2 Å². The van der Waals surface area contributed by atoms with Gasteiger partial charge >= 0.3 is 5.97 Å². The topological polar surface area (TPSA) is 55.0 Å². The number of H-pyrrole nitrogens is 1. The Kier molecular flexibility index (Phi) is 6.42. The summed E-state index contributed by atoms with van der Waals surface area (Å²) in [5.41, 5.74) is 5.66. The average Bonchev–Trinajstić information content (AvgIpc) is 3.07. The largest absolute Gasteiger partial charge is 0.466 e. The Morgan fingerprint density at radius 1 is 1.15 bits per heavy atom. The van der Waals surface area contributed by atoms with E-state index in [0.29, 0.717) is 13.0 Å². The van der Waals surface area contributed by atoms with E-state index in [2.05, 4.69) is 42.2 Å². The second-order valence-electron chi connectivity index (χ2n) is 6.70. The number of carbonyl (C=O) groups excluding carboxylic acids is 1. The molecule has 0 amide bonds. The molecule has 1 N–H and O–H groups in total. The Hall–Kier alpha value is -2.88. The normalized spacial score (nSPS) is 11.3. The first-order valence-electron chi connectivity index (χ1n) is 9.53. The molecule has 4 nitrogen and oxygen atoms in total. The molecule has 0 radical (unpaired) electrons. The zero-order valence-corrected chi connectivity index (χ0v) is 16.0. The summed E-state index contributed by atoms with van der Waals surface area (Å²) in [4.78, 5) is 19.6. The molecule has 0 aliphatic carbocycles. The molecule has 0 saturated carbocycles. The Balaban J connectivity index is 1.71. The maximum absolute atomic E-state index is 11.5. The molecular weight excluding hydrogens is 336 g/mol. The lowest BCUT2D eigenvalue weighted by molar-refractivity contribution is -0.143. The van der Waals surface area contributed by atoms with Crippen LogP contribution in [0.5, 0.6) is 0 Å². The number of rotatable bonds is 8. The van der Waals surface area contributed by atoms with Crippen LogP contribution in [-0.4, -0.2) is 22.5 Å². The summed E-state index contributed by atoms with van der Waals surface area (Å²) in [6, 6.07) is 14.5. The molecule has 0 aliphatic heterocycles. The molecular formula is C23H26N2O2. The van der Waals surface area contributed by atoms with E-state index in [0.717, 1.165) is 41.7 Å². The van der Waals surface area contributed by atoms with Crippen molar-refractivity contribution >= 4 is 29.2 Å². The summed E-state index contributed by atoms with van der Waals surface area (Å²) in [5, 5.41) is 0. The van der Waals surface area contributed by atoms with Gasteiger partial charge in [-0.1, -0.05) is 42.5 Å². The lowest BCUT2D eigenvalue weighted by Crippen LogP contribution is -2.03. The fourth-order valence-corrected chi connectivity index (χ4v) is 3.19. The van der Waals surface area contributed by atoms with Crippen LogP contribution in [0.2, 0.25) is 0 Å². The number of aromatic nitrogens is 2. The summed E-state index contributed by atoms with van der Waals surface area (Å²) in [7, 11) is 0. The van der Waals surface area contributed by atoms with Crippen molar-refractivity contribution in [3.05, 3.63) is 65.0 Å². The molecule has 3 rings (SSSR count). The Labute approximate surface area is 160 Å². The van der Waals surface area contributed by atoms with Crippen molar-refractivity contribution < 1.29 is 9.53 Å². The van der Waals surface area contributed by atoms with Gasteiger partial charge in [0.1, 0.15) is 5.82 Å². The van der Waals surface area contributed by atoms with E-state index < -0.39 is 0 Å². The van der Waals surface area contributed by atoms with Crippen molar-refractivity contribution in [1.29, 1.82) is 0 Å². The molecule has 0 aliphatic rings. The number of fused-ring (bicyclic) bond motifs is 1. The summed E-state index contributed by atoms with van der Waals surface area (Å²) in [6.45, 7) is 4.38. The van der Waals surface area contributed by atoms with Crippen LogP contribution in [-0.2, 0) is 16.0 Å². The first kappa shape index (κ1) is 18.9. The predicted molar refractivity (Wildman–Crippen MR) is 110 cm³/mol. The zero-order chi connectivity index (χ0) is 19.1. The minimum absolute atomic E-state index is 0.111. The molecule has 140 valence electrons. The van der Waals surface area contributed by atoms with Gasteiger partial charge < -0.3 is 9.72 Å². The number of aryl methyl sites for hydroxylation is 2. The van der Waals surface area contributed by atoms with Crippen molar-refractivity contribution in [3.8, 4) is 0 Å². The van der Waals surface area contributed by atoms with Crippen LogP contribution in [0.4, 0.5) is 0 Å². The van der Waals surface area contributed by atoms with Crippen LogP contribution in [0.3, 0.4) is 0 Å². The van der Waals surface area contributed by atoms with Gasteiger partial charge in [0.25, 0.3) is 0 Å². The number of hydrogen-bond donors (Lipinski definition) is 1. The van der Waals surface area contributed by atoms with Gasteiger partial charge in [-0.3, -0.25) is 4.79 Å². The monoisotopic (exact) mass is 362 g/mol. The number of ether oxygens (including phenoxy) is 1. The van der Waals surface area contributed by atoms with Gasteiger partial charge in [0.05, 0.1) is 17.6 Å². The van der Waals surface area contributed by atoms with Crippen molar-refractivity contribution in [3.63, 3.8) is 0 Å². The van der Waals surface area contributed by atoms with Gasteiger partial charge in [0.2, 0.25) is 0 Å². The zero-order valence-electron chi connectivity index (χ0n) is 16.0. The Bertz CT molecular complexity index is 926. The third-order valence-electron chi connectivity index (χ3n) is 4.44. The number of esters is 1. The maximum Gasteiger partial charge on any atom is 0.305 e. The smallest absolute Gasteiger partial charge is 0.305 e. The molecule has 0 bridgehead atoms. The molecule has 2 aromatic carbocycles. The summed E-state index contributed by atoms with van der Waals surface area (Å²) >= 11 is 0. The van der Waals surface area contributed by atoms with Gasteiger partial charge in [-0.25, -0.2) is 4.98 Å². The Morgan fingerprint density at radius 2 is 1.96 bits per heavy atom. The molecule has 1 heterocycles. The van der Waals surface area contributed by atoms with Gasteiger partial charge in [-0.2, -0.15) is 0 Å². The van der Waals surface area contributed by atoms with Crippen LogP contribution in [0, 0.1) is 6.92 Å². The van der Waals surface area contributed by atoms with Crippen molar-refractivity contribution in [2.75, 3.05) is 6.61 Å². The average molecular weight is 362 g/mol. The SMILES string of the molecule is CCOC(=O)CCCCc1cc(C)cc2[nH]c(/C=C/c3ccccc3)nc12. The predicted octanol–water partition coefficient (Wildman–Crippen LogP) is 5.32. The summed E-state index contributed by atoms with van der Waals surface area (Å²) in [6.07, 6.45) is 7.23. The number of nitrogens with zero attached hydrogens (tertiary/aromatic N) is 1. The molecule has 4 heteroatoms. The van der Waals surface area contributed by atoms with E-state index in [1.807, 2.05) is 31.2 Å². The second-order valence-corrected chi connectivity index (χ2v) is 6.70. The third kappa shape index (κ3) is 5.30. The minimum Gasteiger partial charge on any atom is -0.466 e. The highest BCUT2D eigenvalue weighted by Crippen LogP contribution is 2.22. The van der Waals surface area contributed by atoms with Crippen LogP contribution >= 0.6 is 0 Å². The molecule has 1 aromatic heterocycles. The van der Waals surface area contributed by atoms with Gasteiger partial charge in [-0.05, 0) is 61.9 Å². The minimum atomic E-state index is -0.111. The molecule has 0 saturated heterocycles. The number of carbonyl (C=O) groups is 1.